The van der Waals surface area contributed by atoms with Gasteiger partial charge >= 0.3 is 0 Å². The van der Waals surface area contributed by atoms with E-state index in [1.807, 2.05) is 23.1 Å². The standard InChI is InChI=1S/C57H41NS2Si/c1-57(2)48-34-33-41(58(39-17-6-3-7-18-39)40-31-29-38(30-32-40)44-24-16-25-46-45-23-12-13-26-50(45)59-55(44)46)37-47(48)54-49(57)35-36-53-56(54)60-51-27-14-15-28-52(51)61(53,42-19-8-4-9-20-42)43-21-10-5-11-22-43/h3-37H,1-2H3. The molecule has 290 valence electrons. The second-order valence-corrected chi connectivity index (χ2v) is 22.6. The normalized spacial score (nSPS) is 14.3. The van der Waals surface area contributed by atoms with Gasteiger partial charge in [0.15, 0.2) is 8.07 Å². The molecule has 1 aliphatic heterocycles. The van der Waals surface area contributed by atoms with E-state index in [1.54, 1.807) is 0 Å². The summed E-state index contributed by atoms with van der Waals surface area (Å²) in [4.78, 5) is 5.20. The highest BCUT2D eigenvalue weighted by Crippen LogP contribution is 2.55. The number of hydrogen-bond donors (Lipinski definition) is 0. The van der Waals surface area contributed by atoms with E-state index in [0.29, 0.717) is 0 Å². The van der Waals surface area contributed by atoms with Crippen molar-refractivity contribution in [2.45, 2.75) is 29.1 Å². The molecule has 4 heteroatoms. The first-order valence-electron chi connectivity index (χ1n) is 21.1. The summed E-state index contributed by atoms with van der Waals surface area (Å²) in [5, 5.41) is 8.44. The van der Waals surface area contributed by atoms with Crippen molar-refractivity contribution in [1.82, 2.24) is 0 Å². The molecule has 2 aliphatic rings. The van der Waals surface area contributed by atoms with Crippen molar-refractivity contribution in [2.24, 2.45) is 0 Å². The topological polar surface area (TPSA) is 3.24 Å². The summed E-state index contributed by atoms with van der Waals surface area (Å²) in [7, 11) is -2.72. The Kier molecular flexibility index (Phi) is 8.40. The van der Waals surface area contributed by atoms with E-state index in [1.165, 1.54) is 84.1 Å². The van der Waals surface area contributed by atoms with Gasteiger partial charge in [-0.25, -0.2) is 0 Å². The highest BCUT2D eigenvalue weighted by atomic mass is 32.2. The van der Waals surface area contributed by atoms with Gasteiger partial charge in [0.2, 0.25) is 0 Å². The molecule has 0 N–H and O–H groups in total. The molecule has 61 heavy (non-hydrogen) atoms. The summed E-state index contributed by atoms with van der Waals surface area (Å²) in [5.41, 5.74) is 11.3. The lowest BCUT2D eigenvalue weighted by atomic mass is 9.82. The summed E-state index contributed by atoms with van der Waals surface area (Å²) in [6.45, 7) is 4.82. The summed E-state index contributed by atoms with van der Waals surface area (Å²) in [5.74, 6) is 0. The van der Waals surface area contributed by atoms with Gasteiger partial charge in [-0.15, -0.1) is 11.3 Å². The Hall–Kier alpha value is -6.43. The van der Waals surface area contributed by atoms with Crippen molar-refractivity contribution in [3.63, 3.8) is 0 Å². The van der Waals surface area contributed by atoms with Crippen molar-refractivity contribution in [3.8, 4) is 22.3 Å². The number of hydrogen-bond acceptors (Lipinski definition) is 3. The highest BCUT2D eigenvalue weighted by Gasteiger charge is 2.49. The third-order valence-corrected chi connectivity index (χ3v) is 20.9. The van der Waals surface area contributed by atoms with Gasteiger partial charge in [-0.3, -0.25) is 0 Å². The maximum absolute atomic E-state index is 2.72. The molecule has 1 aromatic heterocycles. The predicted octanol–water partition coefficient (Wildman–Crippen LogP) is 13.3. The number of fused-ring (bicyclic) bond motifs is 9. The molecule has 1 aliphatic carbocycles. The molecular weight excluding hydrogens is 791 g/mol. The number of thiophene rings is 1. The van der Waals surface area contributed by atoms with Crippen LogP contribution in [0.5, 0.6) is 0 Å². The summed E-state index contributed by atoms with van der Waals surface area (Å²) in [6.07, 6.45) is 0. The first kappa shape index (κ1) is 36.4. The van der Waals surface area contributed by atoms with Crippen molar-refractivity contribution in [1.29, 1.82) is 0 Å². The molecule has 0 fully saturated rings. The van der Waals surface area contributed by atoms with Crippen LogP contribution < -0.4 is 25.6 Å². The molecule has 9 aromatic carbocycles. The van der Waals surface area contributed by atoms with Crippen LogP contribution in [0, 0.1) is 0 Å². The zero-order valence-corrected chi connectivity index (χ0v) is 36.6. The maximum atomic E-state index is 2.51. The first-order chi connectivity index (χ1) is 30.0. The van der Waals surface area contributed by atoms with Crippen molar-refractivity contribution in [3.05, 3.63) is 223 Å². The maximum Gasteiger partial charge on any atom is 0.181 e. The van der Waals surface area contributed by atoms with Crippen LogP contribution in [0.15, 0.2) is 222 Å². The lowest BCUT2D eigenvalue weighted by Gasteiger charge is -2.40. The molecule has 10 aromatic rings. The Morgan fingerprint density at radius 2 is 1.07 bits per heavy atom. The van der Waals surface area contributed by atoms with Crippen LogP contribution in [0.1, 0.15) is 25.0 Å². The lowest BCUT2D eigenvalue weighted by molar-refractivity contribution is 0.660. The average Bonchev–Trinajstić information content (AvgIpc) is 3.81. The monoisotopic (exact) mass is 831 g/mol. The molecule has 0 radical (unpaired) electrons. The highest BCUT2D eigenvalue weighted by molar-refractivity contribution is 8.00. The largest absolute Gasteiger partial charge is 0.310 e. The third kappa shape index (κ3) is 5.46. The molecule has 0 spiro atoms. The average molecular weight is 832 g/mol. The molecule has 2 heterocycles. The quantitative estimate of drug-likeness (QED) is 0.154. The van der Waals surface area contributed by atoms with Crippen molar-refractivity contribution in [2.75, 3.05) is 4.90 Å². The van der Waals surface area contributed by atoms with E-state index in [4.69, 9.17) is 0 Å². The van der Waals surface area contributed by atoms with E-state index < -0.39 is 8.07 Å². The molecule has 0 bridgehead atoms. The molecule has 0 unspecified atom stereocenters. The van der Waals surface area contributed by atoms with Crippen LogP contribution in [0.25, 0.3) is 42.4 Å². The number of rotatable bonds is 6. The zero-order chi connectivity index (χ0) is 40.7. The van der Waals surface area contributed by atoms with Crippen LogP contribution in [0.2, 0.25) is 0 Å². The second-order valence-electron chi connectivity index (χ2n) is 16.8. The Bertz CT molecular complexity index is 3260. The molecule has 12 rings (SSSR count). The molecule has 0 saturated heterocycles. The van der Waals surface area contributed by atoms with E-state index >= 15 is 0 Å². The third-order valence-electron chi connectivity index (χ3n) is 13.2. The Morgan fingerprint density at radius 3 is 1.82 bits per heavy atom. The number of nitrogens with zero attached hydrogens (tertiary/aromatic N) is 1. The van der Waals surface area contributed by atoms with E-state index in [0.717, 1.165) is 17.1 Å². The Balaban J connectivity index is 1.04. The van der Waals surface area contributed by atoms with Crippen LogP contribution in [0.3, 0.4) is 0 Å². The van der Waals surface area contributed by atoms with Crippen molar-refractivity contribution >= 4 is 89.2 Å². The van der Waals surface area contributed by atoms with Gasteiger partial charge in [-0.1, -0.05) is 189 Å². The van der Waals surface area contributed by atoms with Gasteiger partial charge in [-0.2, -0.15) is 0 Å². The second kappa shape index (κ2) is 14.1. The molecule has 0 amide bonds. The SMILES string of the molecule is CC1(C)c2ccc(N(c3ccccc3)c3ccc(-c4cccc5c4sc4ccccc45)cc3)cc2-c2c1ccc1c2Sc2ccccc2[Si]1(c1ccccc1)c1ccccc1. The molecule has 0 saturated carbocycles. The van der Waals surface area contributed by atoms with Crippen LogP contribution in [0.4, 0.5) is 17.1 Å². The van der Waals surface area contributed by atoms with E-state index in [2.05, 4.69) is 231 Å². The lowest BCUT2D eigenvalue weighted by Crippen LogP contribution is -2.76. The first-order valence-corrected chi connectivity index (χ1v) is 24.7. The summed E-state index contributed by atoms with van der Waals surface area (Å²) in [6, 6.07) is 79.7. The number of anilines is 3. The Labute approximate surface area is 366 Å². The summed E-state index contributed by atoms with van der Waals surface area (Å²) >= 11 is 3.86. The van der Waals surface area contributed by atoms with Gasteiger partial charge < -0.3 is 4.90 Å². The van der Waals surface area contributed by atoms with Gasteiger partial charge in [0.1, 0.15) is 0 Å². The fourth-order valence-electron chi connectivity index (χ4n) is 10.4. The Morgan fingerprint density at radius 1 is 0.459 bits per heavy atom. The molecule has 0 atom stereocenters. The molecule has 1 nitrogen and oxygen atoms in total. The molecular formula is C57H41NS2Si. The zero-order valence-electron chi connectivity index (χ0n) is 34.0. The number of benzene rings is 9. The minimum absolute atomic E-state index is 0.160. The fraction of sp³-hybridized carbons (Fsp3) is 0.0526. The van der Waals surface area contributed by atoms with E-state index in [-0.39, 0.29) is 5.41 Å². The number of para-hydroxylation sites is 1. The van der Waals surface area contributed by atoms with Crippen molar-refractivity contribution < 1.29 is 0 Å². The van der Waals surface area contributed by atoms with Gasteiger partial charge in [0.05, 0.1) is 0 Å². The van der Waals surface area contributed by atoms with Crippen LogP contribution in [-0.4, -0.2) is 8.07 Å². The smallest absolute Gasteiger partial charge is 0.181 e. The van der Waals surface area contributed by atoms with E-state index in [9.17, 15) is 0 Å². The predicted molar refractivity (Wildman–Crippen MR) is 265 cm³/mol. The fourth-order valence-corrected chi connectivity index (χ4v) is 18.8. The minimum Gasteiger partial charge on any atom is -0.310 e. The van der Waals surface area contributed by atoms with Crippen LogP contribution >= 0.6 is 23.1 Å². The van der Waals surface area contributed by atoms with Gasteiger partial charge in [0, 0.05) is 52.4 Å². The van der Waals surface area contributed by atoms with Gasteiger partial charge in [-0.05, 0) is 103 Å². The minimum atomic E-state index is -2.72. The summed E-state index contributed by atoms with van der Waals surface area (Å²) < 4.78 is 2.67. The van der Waals surface area contributed by atoms with Crippen LogP contribution in [-0.2, 0) is 5.41 Å². The van der Waals surface area contributed by atoms with Gasteiger partial charge in [0.25, 0.3) is 0 Å².